The molecule has 2 aliphatic heterocycles. The Labute approximate surface area is 159 Å². The zero-order chi connectivity index (χ0) is 18.8. The molecule has 1 saturated heterocycles. The second kappa shape index (κ2) is 7.69. The van der Waals surface area contributed by atoms with Gasteiger partial charge in [0.15, 0.2) is 5.78 Å². The molecule has 0 saturated carbocycles. The fraction of sp³-hybridized carbons (Fsp3) is 0.455. The van der Waals surface area contributed by atoms with E-state index in [1.165, 1.54) is 0 Å². The number of carbonyl (C=O) groups excluding carboxylic acids is 2. The van der Waals surface area contributed by atoms with E-state index in [-0.39, 0.29) is 30.4 Å². The monoisotopic (exact) mass is 367 g/mol. The van der Waals surface area contributed by atoms with E-state index in [1.54, 1.807) is 0 Å². The Morgan fingerprint density at radius 2 is 2.04 bits per heavy atom. The van der Waals surface area contributed by atoms with Crippen LogP contribution in [-0.4, -0.2) is 31.1 Å². The standard InChI is InChI=1S/C22H25NO4/c1-14-19(22(25)27-13-16-9-6-12-26-16)20(15-7-3-2-4-8-15)21-17(23-14)10-5-11-18(21)24/h2-4,7-8,16,20,23H,5-6,9-13H2,1H3/t16-,20-/m1/s1. The topological polar surface area (TPSA) is 64.6 Å². The third-order valence-corrected chi connectivity index (χ3v) is 5.55. The molecule has 142 valence electrons. The number of hydrogen-bond acceptors (Lipinski definition) is 5. The fourth-order valence-corrected chi connectivity index (χ4v) is 4.25. The number of ether oxygens (including phenoxy) is 2. The van der Waals surface area contributed by atoms with Gasteiger partial charge in [0.2, 0.25) is 0 Å². The number of esters is 1. The molecule has 1 N–H and O–H groups in total. The van der Waals surface area contributed by atoms with E-state index in [0.717, 1.165) is 54.8 Å². The van der Waals surface area contributed by atoms with Crippen LogP contribution in [0.3, 0.4) is 0 Å². The summed E-state index contributed by atoms with van der Waals surface area (Å²) >= 11 is 0. The smallest absolute Gasteiger partial charge is 0.336 e. The van der Waals surface area contributed by atoms with Gasteiger partial charge in [-0.1, -0.05) is 30.3 Å². The third kappa shape index (κ3) is 3.56. The molecule has 0 radical (unpaired) electrons. The Morgan fingerprint density at radius 1 is 1.22 bits per heavy atom. The predicted molar refractivity (Wildman–Crippen MR) is 101 cm³/mol. The van der Waals surface area contributed by atoms with Gasteiger partial charge in [0.05, 0.1) is 11.7 Å². The van der Waals surface area contributed by atoms with Gasteiger partial charge in [-0.05, 0) is 38.2 Å². The molecule has 4 rings (SSSR count). The van der Waals surface area contributed by atoms with E-state index in [2.05, 4.69) is 5.32 Å². The van der Waals surface area contributed by atoms with E-state index in [9.17, 15) is 9.59 Å². The van der Waals surface area contributed by atoms with Gasteiger partial charge in [0.1, 0.15) is 6.61 Å². The van der Waals surface area contributed by atoms with E-state index in [0.29, 0.717) is 12.0 Å². The van der Waals surface area contributed by atoms with Crippen molar-refractivity contribution in [2.24, 2.45) is 0 Å². The highest BCUT2D eigenvalue weighted by Gasteiger charge is 2.39. The van der Waals surface area contributed by atoms with Gasteiger partial charge in [-0.3, -0.25) is 4.79 Å². The Kier molecular flexibility index (Phi) is 5.12. The molecule has 0 amide bonds. The summed E-state index contributed by atoms with van der Waals surface area (Å²) in [5, 5.41) is 3.31. The third-order valence-electron chi connectivity index (χ3n) is 5.55. The molecule has 2 heterocycles. The fourth-order valence-electron chi connectivity index (χ4n) is 4.25. The van der Waals surface area contributed by atoms with E-state index < -0.39 is 0 Å². The van der Waals surface area contributed by atoms with Crippen LogP contribution in [0.2, 0.25) is 0 Å². The highest BCUT2D eigenvalue weighted by atomic mass is 16.6. The summed E-state index contributed by atoms with van der Waals surface area (Å²) in [4.78, 5) is 25.8. The summed E-state index contributed by atoms with van der Waals surface area (Å²) in [6.45, 7) is 2.88. The minimum absolute atomic E-state index is 0.0207. The van der Waals surface area contributed by atoms with Crippen LogP contribution in [0.1, 0.15) is 50.5 Å². The molecule has 27 heavy (non-hydrogen) atoms. The maximum absolute atomic E-state index is 13.0. The van der Waals surface area contributed by atoms with Crippen LogP contribution in [0.15, 0.2) is 52.9 Å². The van der Waals surface area contributed by atoms with Gasteiger partial charge >= 0.3 is 5.97 Å². The average Bonchev–Trinajstić information content (AvgIpc) is 3.19. The van der Waals surface area contributed by atoms with E-state index >= 15 is 0 Å². The Bertz CT molecular complexity index is 803. The molecule has 1 aliphatic carbocycles. The average molecular weight is 367 g/mol. The number of carbonyl (C=O) groups is 2. The van der Waals surface area contributed by atoms with Gasteiger partial charge in [-0.2, -0.15) is 0 Å². The molecular weight excluding hydrogens is 342 g/mol. The molecule has 1 fully saturated rings. The van der Waals surface area contributed by atoms with Crippen molar-refractivity contribution in [2.45, 2.75) is 51.0 Å². The summed E-state index contributed by atoms with van der Waals surface area (Å²) < 4.78 is 11.2. The number of benzene rings is 1. The molecule has 1 aromatic rings. The summed E-state index contributed by atoms with van der Waals surface area (Å²) in [6.07, 6.45) is 4.11. The lowest BCUT2D eigenvalue weighted by atomic mass is 9.75. The molecule has 2 atom stereocenters. The summed E-state index contributed by atoms with van der Waals surface area (Å²) in [7, 11) is 0. The second-order valence-corrected chi connectivity index (χ2v) is 7.41. The molecule has 0 aromatic heterocycles. The number of nitrogens with one attached hydrogen (secondary N) is 1. The largest absolute Gasteiger partial charge is 0.459 e. The predicted octanol–water partition coefficient (Wildman–Crippen LogP) is 3.38. The van der Waals surface area contributed by atoms with Crippen molar-refractivity contribution >= 4 is 11.8 Å². The van der Waals surface area contributed by atoms with Gasteiger partial charge in [0, 0.05) is 35.9 Å². The second-order valence-electron chi connectivity index (χ2n) is 7.41. The first-order chi connectivity index (χ1) is 13.1. The van der Waals surface area contributed by atoms with Crippen molar-refractivity contribution in [3.8, 4) is 0 Å². The molecule has 5 heteroatoms. The first kappa shape index (κ1) is 18.0. The highest BCUT2D eigenvalue weighted by molar-refractivity contribution is 6.03. The number of rotatable bonds is 4. The Hall–Kier alpha value is -2.40. The molecule has 3 aliphatic rings. The van der Waals surface area contributed by atoms with Crippen molar-refractivity contribution in [1.82, 2.24) is 5.32 Å². The van der Waals surface area contributed by atoms with Crippen LogP contribution < -0.4 is 5.32 Å². The van der Waals surface area contributed by atoms with E-state index in [4.69, 9.17) is 9.47 Å². The Morgan fingerprint density at radius 3 is 2.78 bits per heavy atom. The number of allylic oxidation sites excluding steroid dienone is 3. The Balaban J connectivity index is 1.67. The maximum Gasteiger partial charge on any atom is 0.336 e. The van der Waals surface area contributed by atoms with Crippen molar-refractivity contribution in [2.75, 3.05) is 13.2 Å². The van der Waals surface area contributed by atoms with Gasteiger partial charge in [0.25, 0.3) is 0 Å². The van der Waals surface area contributed by atoms with Crippen LogP contribution in [0, 0.1) is 0 Å². The van der Waals surface area contributed by atoms with Gasteiger partial charge < -0.3 is 14.8 Å². The zero-order valence-electron chi connectivity index (χ0n) is 15.6. The SMILES string of the molecule is CC1=C(C(=O)OC[C@H]2CCCO2)[C@@H](c2ccccc2)C2=C(CCCC2=O)N1. The lowest BCUT2D eigenvalue weighted by Gasteiger charge is -2.34. The van der Waals surface area contributed by atoms with Crippen molar-refractivity contribution < 1.29 is 19.1 Å². The number of dihydropyridines is 1. The van der Waals surface area contributed by atoms with Crippen LogP contribution in [0.25, 0.3) is 0 Å². The lowest BCUT2D eigenvalue weighted by Crippen LogP contribution is -2.35. The van der Waals surface area contributed by atoms with Gasteiger partial charge in [-0.15, -0.1) is 0 Å². The van der Waals surface area contributed by atoms with Crippen LogP contribution in [-0.2, 0) is 19.1 Å². The first-order valence-corrected chi connectivity index (χ1v) is 9.73. The highest BCUT2D eigenvalue weighted by Crippen LogP contribution is 2.42. The number of ketones is 1. The number of Topliss-reactive ketones (excluding diaryl/α,β-unsaturated/α-hetero) is 1. The number of hydrogen-bond donors (Lipinski definition) is 1. The van der Waals surface area contributed by atoms with E-state index in [1.807, 2.05) is 37.3 Å². The lowest BCUT2D eigenvalue weighted by molar-refractivity contribution is -0.142. The van der Waals surface area contributed by atoms with Crippen LogP contribution >= 0.6 is 0 Å². The minimum Gasteiger partial charge on any atom is -0.459 e. The van der Waals surface area contributed by atoms with Crippen molar-refractivity contribution in [3.05, 3.63) is 58.4 Å². The summed E-state index contributed by atoms with van der Waals surface area (Å²) in [5.74, 6) is -0.615. The quantitative estimate of drug-likeness (QED) is 0.827. The molecule has 0 spiro atoms. The molecule has 5 nitrogen and oxygen atoms in total. The van der Waals surface area contributed by atoms with Gasteiger partial charge in [-0.25, -0.2) is 4.79 Å². The summed E-state index contributed by atoms with van der Waals surface area (Å²) in [6, 6.07) is 9.77. The first-order valence-electron chi connectivity index (χ1n) is 9.73. The van der Waals surface area contributed by atoms with Crippen LogP contribution in [0.4, 0.5) is 0 Å². The molecule has 0 unspecified atom stereocenters. The zero-order valence-corrected chi connectivity index (χ0v) is 15.6. The molecule has 0 bridgehead atoms. The molecule has 1 aromatic carbocycles. The molecular formula is C22H25NO4. The van der Waals surface area contributed by atoms with Crippen LogP contribution in [0.5, 0.6) is 0 Å². The summed E-state index contributed by atoms with van der Waals surface area (Å²) in [5.41, 5.74) is 3.93. The normalized spacial score (nSPS) is 25.3. The maximum atomic E-state index is 13.0. The minimum atomic E-state index is -0.368. The van der Waals surface area contributed by atoms with Crippen molar-refractivity contribution in [3.63, 3.8) is 0 Å². The van der Waals surface area contributed by atoms with Crippen molar-refractivity contribution in [1.29, 1.82) is 0 Å².